The summed E-state index contributed by atoms with van der Waals surface area (Å²) in [6, 6.07) is 9.78. The van der Waals surface area contributed by atoms with Gasteiger partial charge >= 0.3 is 6.18 Å². The highest BCUT2D eigenvalue weighted by Gasteiger charge is 2.42. The summed E-state index contributed by atoms with van der Waals surface area (Å²) in [5.41, 5.74) is -2.33. The van der Waals surface area contributed by atoms with E-state index in [0.29, 0.717) is 4.68 Å². The summed E-state index contributed by atoms with van der Waals surface area (Å²) in [5, 5.41) is 15.3. The average Bonchev–Trinajstić information content (AvgIpc) is 3.51. The molecule has 0 spiro atoms. The van der Waals surface area contributed by atoms with Crippen molar-refractivity contribution in [3.63, 3.8) is 0 Å². The zero-order valence-corrected chi connectivity index (χ0v) is 19.0. The highest BCUT2D eigenvalue weighted by atomic mass is 35.5. The third-order valence-corrected chi connectivity index (χ3v) is 5.63. The molecule has 0 aliphatic heterocycles. The van der Waals surface area contributed by atoms with Crippen LogP contribution in [0.2, 0.25) is 10.0 Å². The Labute approximate surface area is 203 Å². The second-order valence-corrected chi connectivity index (χ2v) is 8.04. The molecular formula is C22H11Cl2F4N5O2. The number of nitrogens with zero attached hydrogens (tertiary/aromatic N) is 5. The highest BCUT2D eigenvalue weighted by Crippen LogP contribution is 2.46. The number of aromatic nitrogens is 5. The molecule has 3 heterocycles. The van der Waals surface area contributed by atoms with Crippen molar-refractivity contribution in [2.24, 2.45) is 0 Å². The van der Waals surface area contributed by atoms with E-state index in [-0.39, 0.29) is 44.3 Å². The molecule has 0 amide bonds. The van der Waals surface area contributed by atoms with Crippen LogP contribution < -0.4 is 0 Å². The third-order valence-electron chi connectivity index (χ3n) is 4.99. The van der Waals surface area contributed by atoms with E-state index in [0.717, 1.165) is 12.3 Å². The second kappa shape index (κ2) is 8.51. The van der Waals surface area contributed by atoms with Crippen LogP contribution in [0.3, 0.4) is 0 Å². The maximum atomic E-state index is 14.7. The molecule has 35 heavy (non-hydrogen) atoms. The zero-order chi connectivity index (χ0) is 24.9. The van der Waals surface area contributed by atoms with Gasteiger partial charge < -0.3 is 8.94 Å². The van der Waals surface area contributed by atoms with Crippen LogP contribution in [0.4, 0.5) is 17.6 Å². The normalized spacial score (nSPS) is 11.9. The van der Waals surface area contributed by atoms with Gasteiger partial charge in [-0.1, -0.05) is 46.6 Å². The molecule has 0 saturated carbocycles. The van der Waals surface area contributed by atoms with Crippen molar-refractivity contribution in [1.82, 2.24) is 25.1 Å². The Bertz CT molecular complexity index is 1540. The standard InChI is InChI=1S/C22H11Cl2F4N5O2/c1-10-30-31-21(34-10)17-18(16-13(24)6-4-7-14(16)25)32-35-19(17)11-9-29-33(20(11)22(26,27)28)15-8-3-2-5-12(15)23/h2-9H,1H3. The van der Waals surface area contributed by atoms with Crippen LogP contribution in [-0.2, 0) is 6.18 Å². The van der Waals surface area contributed by atoms with E-state index in [9.17, 15) is 17.6 Å². The molecule has 7 nitrogen and oxygen atoms in total. The van der Waals surface area contributed by atoms with Crippen LogP contribution in [-0.4, -0.2) is 25.1 Å². The van der Waals surface area contributed by atoms with Crippen molar-refractivity contribution in [3.8, 4) is 39.7 Å². The van der Waals surface area contributed by atoms with Gasteiger partial charge in [-0.3, -0.25) is 0 Å². The summed E-state index contributed by atoms with van der Waals surface area (Å²) in [7, 11) is 0. The summed E-state index contributed by atoms with van der Waals surface area (Å²) in [6.45, 7) is 1.48. The first-order chi connectivity index (χ1) is 16.7. The Morgan fingerprint density at radius 1 is 0.943 bits per heavy atom. The summed E-state index contributed by atoms with van der Waals surface area (Å²) in [6.07, 6.45) is -3.97. The smallest absolute Gasteiger partial charge is 0.421 e. The largest absolute Gasteiger partial charge is 0.434 e. The lowest BCUT2D eigenvalue weighted by molar-refractivity contribution is -0.142. The fraction of sp³-hybridized carbons (Fsp3) is 0.0909. The molecule has 0 aliphatic rings. The van der Waals surface area contributed by atoms with Gasteiger partial charge in [-0.15, -0.1) is 10.2 Å². The molecule has 178 valence electrons. The lowest BCUT2D eigenvalue weighted by Gasteiger charge is -2.13. The maximum absolute atomic E-state index is 14.7. The number of rotatable bonds is 4. The number of alkyl halides is 3. The fourth-order valence-corrected chi connectivity index (χ4v) is 4.03. The van der Waals surface area contributed by atoms with Crippen molar-refractivity contribution in [2.75, 3.05) is 0 Å². The fourth-order valence-electron chi connectivity index (χ4n) is 3.56. The predicted molar refractivity (Wildman–Crippen MR) is 118 cm³/mol. The van der Waals surface area contributed by atoms with Gasteiger partial charge in [0.2, 0.25) is 5.89 Å². The monoisotopic (exact) mass is 523 g/mol. The average molecular weight is 524 g/mol. The molecule has 0 fully saturated rings. The lowest BCUT2D eigenvalue weighted by atomic mass is 10.0. The van der Waals surface area contributed by atoms with Crippen LogP contribution in [0.1, 0.15) is 11.6 Å². The number of benzene rings is 2. The van der Waals surface area contributed by atoms with Crippen LogP contribution in [0.15, 0.2) is 57.6 Å². The molecule has 0 N–H and O–H groups in total. The second-order valence-electron chi connectivity index (χ2n) is 7.23. The van der Waals surface area contributed by atoms with Crippen LogP contribution in [0, 0.1) is 12.7 Å². The molecule has 0 saturated heterocycles. The minimum Gasteiger partial charge on any atom is -0.421 e. The Morgan fingerprint density at radius 3 is 2.34 bits per heavy atom. The zero-order valence-electron chi connectivity index (χ0n) is 17.4. The highest BCUT2D eigenvalue weighted by molar-refractivity contribution is 6.33. The van der Waals surface area contributed by atoms with Gasteiger partial charge in [0.05, 0.1) is 33.1 Å². The molecule has 5 aromatic rings. The first-order valence-electron chi connectivity index (χ1n) is 9.82. The van der Waals surface area contributed by atoms with E-state index in [4.69, 9.17) is 32.1 Å². The summed E-state index contributed by atoms with van der Waals surface area (Å²) in [5.74, 6) is -1.33. The maximum Gasteiger partial charge on any atom is 0.434 e. The Morgan fingerprint density at radius 2 is 1.69 bits per heavy atom. The minimum absolute atomic E-state index is 0.0141. The van der Waals surface area contributed by atoms with Crippen molar-refractivity contribution in [3.05, 3.63) is 76.1 Å². The summed E-state index contributed by atoms with van der Waals surface area (Å²) < 4.78 is 69.2. The quantitative estimate of drug-likeness (QED) is 0.235. The molecule has 0 atom stereocenters. The lowest BCUT2D eigenvalue weighted by Crippen LogP contribution is -2.14. The van der Waals surface area contributed by atoms with E-state index in [1.54, 1.807) is 6.07 Å². The van der Waals surface area contributed by atoms with Gasteiger partial charge in [0.1, 0.15) is 17.1 Å². The molecule has 5 rings (SSSR count). The summed E-state index contributed by atoms with van der Waals surface area (Å²) >= 11 is 12.3. The number of hydrogen-bond donors (Lipinski definition) is 0. The van der Waals surface area contributed by atoms with Crippen LogP contribution >= 0.6 is 23.2 Å². The van der Waals surface area contributed by atoms with Gasteiger partial charge in [-0.25, -0.2) is 9.07 Å². The predicted octanol–water partition coefficient (Wildman–Crippen LogP) is 7.02. The first-order valence-corrected chi connectivity index (χ1v) is 10.6. The molecule has 13 heteroatoms. The van der Waals surface area contributed by atoms with E-state index >= 15 is 0 Å². The Hall–Kier alpha value is -3.70. The molecule has 0 bridgehead atoms. The van der Waals surface area contributed by atoms with Crippen LogP contribution in [0.5, 0.6) is 0 Å². The number of halogens is 6. The molecule has 0 radical (unpaired) electrons. The number of aryl methyl sites for hydroxylation is 1. The van der Waals surface area contributed by atoms with Crippen molar-refractivity contribution >= 4 is 23.2 Å². The van der Waals surface area contributed by atoms with E-state index in [1.807, 2.05) is 0 Å². The van der Waals surface area contributed by atoms with E-state index < -0.39 is 29.0 Å². The minimum atomic E-state index is -4.91. The van der Waals surface area contributed by atoms with Gasteiger partial charge in [0.15, 0.2) is 11.5 Å². The summed E-state index contributed by atoms with van der Waals surface area (Å²) in [4.78, 5) is 0. The molecule has 3 aromatic heterocycles. The Kier molecular flexibility index (Phi) is 5.60. The number of para-hydroxylation sites is 1. The third kappa shape index (κ3) is 3.96. The van der Waals surface area contributed by atoms with Gasteiger partial charge in [-0.2, -0.15) is 18.3 Å². The van der Waals surface area contributed by atoms with Gasteiger partial charge in [-0.05, 0) is 24.3 Å². The molecular weight excluding hydrogens is 513 g/mol. The van der Waals surface area contributed by atoms with Crippen molar-refractivity contribution < 1.29 is 26.5 Å². The molecule has 2 aromatic carbocycles. The van der Waals surface area contributed by atoms with Crippen molar-refractivity contribution in [1.29, 1.82) is 0 Å². The Balaban J connectivity index is 1.83. The van der Waals surface area contributed by atoms with Crippen molar-refractivity contribution in [2.45, 2.75) is 13.1 Å². The van der Waals surface area contributed by atoms with Gasteiger partial charge in [0, 0.05) is 6.92 Å². The van der Waals surface area contributed by atoms with E-state index in [2.05, 4.69) is 20.5 Å². The molecule has 0 unspecified atom stereocenters. The molecule has 0 aliphatic carbocycles. The van der Waals surface area contributed by atoms with Gasteiger partial charge in [0.25, 0.3) is 5.89 Å². The SMILES string of the molecule is Cc1nnc(-c2c(-c3c(F)cccc3Cl)noc2-c2cnn(-c3ccccc3Cl)c2C(F)(F)F)o1. The number of hydrogen-bond acceptors (Lipinski definition) is 6. The topological polar surface area (TPSA) is 82.8 Å². The first kappa shape index (κ1) is 23.1. The van der Waals surface area contributed by atoms with E-state index in [1.165, 1.54) is 37.3 Å². The van der Waals surface area contributed by atoms with Crippen LogP contribution in [0.25, 0.3) is 39.7 Å².